The molecule has 0 unspecified atom stereocenters. The Kier molecular flexibility index (Phi) is 4.18. The molecule has 0 heterocycles. The summed E-state index contributed by atoms with van der Waals surface area (Å²) in [4.78, 5) is 0. The Morgan fingerprint density at radius 2 is 2.40 bits per heavy atom. The van der Waals surface area contributed by atoms with E-state index in [-0.39, 0.29) is 0 Å². The zero-order valence-corrected chi connectivity index (χ0v) is 4.36. The highest BCUT2D eigenvalue weighted by Gasteiger charge is 1.62. The Bertz CT molecular complexity index is 28.1. The van der Waals surface area contributed by atoms with Gasteiger partial charge in [0.25, 0.3) is 0 Å². The topological polar surface area (TPSA) is 12.4 Å². The molecular weight excluding hydrogens is 81.0 g/mol. The Morgan fingerprint density at radius 3 is 2.40 bits per heavy atom. The van der Waals surface area contributed by atoms with Crippen LogP contribution in [0.25, 0.3) is 0 Å². The van der Waals surface area contributed by atoms with Gasteiger partial charge in [0.05, 0.1) is 0 Å². The van der Waals surface area contributed by atoms with Crippen LogP contribution in [0.1, 0.15) is 13.3 Å². The lowest BCUT2D eigenvalue weighted by atomic mass is 10.5. The molecule has 0 aromatic heterocycles. The molecule has 0 saturated carbocycles. The van der Waals surface area contributed by atoms with E-state index in [9.17, 15) is 0 Å². The second kappa shape index (κ2) is 4.10. The molecule has 0 rings (SSSR count). The van der Waals surface area contributed by atoms with Crippen LogP contribution in [0.3, 0.4) is 0 Å². The second-order valence-corrected chi connectivity index (χ2v) is 1.20. The summed E-state index contributed by atoms with van der Waals surface area (Å²) in [7, 11) is 2.98. The van der Waals surface area contributed by atoms with Gasteiger partial charge in [-0.2, -0.15) is 0 Å². The summed E-state index contributed by atoms with van der Waals surface area (Å²) in [6.45, 7) is 3.01. The van der Waals surface area contributed by atoms with Crippen molar-refractivity contribution in [1.82, 2.24) is 0 Å². The van der Waals surface area contributed by atoms with Crippen LogP contribution in [0.4, 0.5) is 0 Å². The third-order valence-corrected chi connectivity index (χ3v) is 0.559. The molecule has 0 radical (unpaired) electrons. The molecule has 0 atom stereocenters. The van der Waals surface area contributed by atoms with Gasteiger partial charge in [0.1, 0.15) is 0 Å². The van der Waals surface area contributed by atoms with Gasteiger partial charge < -0.3 is 0 Å². The predicted octanol–water partition coefficient (Wildman–Crippen LogP) is 1.72. The zero-order chi connectivity index (χ0) is 4.12. The van der Waals surface area contributed by atoms with Crippen LogP contribution < -0.4 is 0 Å². The molecule has 0 amide bonds. The Labute approximate surface area is 34.7 Å². The molecule has 0 spiro atoms. The molecule has 0 aromatic rings. The molecule has 0 bridgehead atoms. The highest BCUT2D eigenvalue weighted by atomic mass is 31.0. The van der Waals surface area contributed by atoms with E-state index in [2.05, 4.69) is 20.7 Å². The normalized spacial score (nSPS) is 7.40. The molecule has 5 heavy (non-hydrogen) atoms. The number of rotatable bonds is 2. The van der Waals surface area contributed by atoms with Crippen molar-refractivity contribution >= 4 is 9.03 Å². The molecule has 0 aromatic carbocycles. The van der Waals surface area contributed by atoms with Gasteiger partial charge in [0.15, 0.2) is 0 Å². The van der Waals surface area contributed by atoms with Crippen molar-refractivity contribution in [2.45, 2.75) is 13.3 Å². The van der Waals surface area contributed by atoms with E-state index >= 15 is 0 Å². The smallest absolute Gasteiger partial charge is 0.0427 e. The van der Waals surface area contributed by atoms with Crippen LogP contribution in [0.15, 0.2) is 4.74 Å². The fraction of sp³-hybridized carbons (Fsp3) is 1.00. The van der Waals surface area contributed by atoms with Gasteiger partial charge in [-0.05, 0) is 15.5 Å². The first-order valence-corrected chi connectivity index (χ1v) is 2.19. The number of hydrogen-bond donors (Lipinski definition) is 0. The molecule has 0 saturated heterocycles. The first-order valence-electron chi connectivity index (χ1n) is 1.75. The fourth-order valence-corrected chi connectivity index (χ4v) is 0.335. The minimum Gasteiger partial charge on any atom is -0.272 e. The lowest BCUT2D eigenvalue weighted by molar-refractivity contribution is 0.946. The summed E-state index contributed by atoms with van der Waals surface area (Å²) in [5, 5.41) is 0. The van der Waals surface area contributed by atoms with Gasteiger partial charge in [-0.1, -0.05) is 6.92 Å². The molecule has 0 aliphatic heterocycles. The van der Waals surface area contributed by atoms with Gasteiger partial charge in [0.2, 0.25) is 0 Å². The quantitative estimate of drug-likeness (QED) is 0.457. The third-order valence-electron chi connectivity index (χ3n) is 0.335. The summed E-state index contributed by atoms with van der Waals surface area (Å²) in [6, 6.07) is 0. The maximum absolute atomic E-state index is 3.66. The van der Waals surface area contributed by atoms with Crippen molar-refractivity contribution in [3.05, 3.63) is 0 Å². The van der Waals surface area contributed by atoms with Crippen molar-refractivity contribution in [2.75, 3.05) is 6.54 Å². The minimum atomic E-state index is 0.927. The lowest BCUT2D eigenvalue weighted by Crippen LogP contribution is -1.64. The van der Waals surface area contributed by atoms with Crippen LogP contribution in [-0.4, -0.2) is 6.54 Å². The van der Waals surface area contributed by atoms with E-state index in [1.807, 2.05) is 0 Å². The maximum atomic E-state index is 3.66. The van der Waals surface area contributed by atoms with E-state index < -0.39 is 0 Å². The first kappa shape index (κ1) is 5.10. The van der Waals surface area contributed by atoms with Gasteiger partial charge in [-0.3, -0.25) is 4.74 Å². The number of hydrogen-bond acceptors (Lipinski definition) is 1. The average molecular weight is 89.1 g/mol. The zero-order valence-electron chi connectivity index (χ0n) is 3.36. The van der Waals surface area contributed by atoms with Gasteiger partial charge in [-0.15, -0.1) is 0 Å². The summed E-state index contributed by atoms with van der Waals surface area (Å²) in [5.74, 6) is 0. The standard InChI is InChI=1S/C3H8NP/c1-2-3-4-5/h5H,2-3H2,1H3. The third kappa shape index (κ3) is 4.10. The van der Waals surface area contributed by atoms with Gasteiger partial charge in [0, 0.05) is 6.54 Å². The molecule has 0 aliphatic carbocycles. The van der Waals surface area contributed by atoms with Gasteiger partial charge >= 0.3 is 0 Å². The average Bonchev–Trinajstić information content (AvgIpc) is 1.41. The van der Waals surface area contributed by atoms with Crippen LogP contribution >= 0.6 is 9.03 Å². The van der Waals surface area contributed by atoms with Crippen molar-refractivity contribution in [3.63, 3.8) is 0 Å². The second-order valence-electron chi connectivity index (χ2n) is 0.882. The van der Waals surface area contributed by atoms with Crippen LogP contribution in [0.2, 0.25) is 0 Å². The largest absolute Gasteiger partial charge is 0.272 e. The minimum absolute atomic E-state index is 0.927. The van der Waals surface area contributed by atoms with Crippen LogP contribution in [0, 0.1) is 0 Å². The Hall–Kier alpha value is 0.100. The van der Waals surface area contributed by atoms with E-state index in [0.717, 1.165) is 13.0 Å². The van der Waals surface area contributed by atoms with Crippen LogP contribution in [-0.2, 0) is 0 Å². The maximum Gasteiger partial charge on any atom is 0.0427 e. The van der Waals surface area contributed by atoms with Crippen molar-refractivity contribution in [2.24, 2.45) is 4.74 Å². The summed E-state index contributed by atoms with van der Waals surface area (Å²) >= 11 is 0. The predicted molar refractivity (Wildman–Crippen MR) is 25.9 cm³/mol. The molecule has 30 valence electrons. The van der Waals surface area contributed by atoms with Gasteiger partial charge in [-0.25, -0.2) is 0 Å². The molecule has 1 nitrogen and oxygen atoms in total. The fourth-order valence-electron chi connectivity index (χ4n) is 0.112. The molecular formula is C3H8NP. The molecule has 0 fully saturated rings. The monoisotopic (exact) mass is 89.0 g/mol. The number of nitrogens with zero attached hydrogens (tertiary/aromatic N) is 1. The highest BCUT2D eigenvalue weighted by Crippen LogP contribution is 1.77. The first-order chi connectivity index (χ1) is 2.41. The molecule has 0 aliphatic rings. The van der Waals surface area contributed by atoms with E-state index in [1.54, 1.807) is 0 Å². The SMILES string of the molecule is CCCN=P. The summed E-state index contributed by atoms with van der Waals surface area (Å²) in [6.07, 6.45) is 1.13. The van der Waals surface area contributed by atoms with Crippen molar-refractivity contribution in [1.29, 1.82) is 0 Å². The van der Waals surface area contributed by atoms with Crippen LogP contribution in [0.5, 0.6) is 0 Å². The summed E-state index contributed by atoms with van der Waals surface area (Å²) in [5.41, 5.74) is 0. The Balaban J connectivity index is 2.40. The van der Waals surface area contributed by atoms with E-state index in [4.69, 9.17) is 0 Å². The molecule has 0 N–H and O–H groups in total. The van der Waals surface area contributed by atoms with Crippen molar-refractivity contribution < 1.29 is 0 Å². The van der Waals surface area contributed by atoms with Crippen molar-refractivity contribution in [3.8, 4) is 0 Å². The van der Waals surface area contributed by atoms with E-state index in [0.29, 0.717) is 0 Å². The van der Waals surface area contributed by atoms with E-state index in [1.165, 1.54) is 0 Å². The Morgan fingerprint density at radius 1 is 1.80 bits per heavy atom. The molecule has 2 heteroatoms. The highest BCUT2D eigenvalue weighted by molar-refractivity contribution is 7.03. The lowest BCUT2D eigenvalue weighted by Gasteiger charge is -1.73. The summed E-state index contributed by atoms with van der Waals surface area (Å²) < 4.78 is 3.66.